The molecule has 98 valence electrons. The third-order valence-electron chi connectivity index (χ3n) is 2.14. The Labute approximate surface area is 107 Å². The molecule has 0 aliphatic rings. The third kappa shape index (κ3) is 4.31. The lowest BCUT2D eigenvalue weighted by Crippen LogP contribution is -2.34. The van der Waals surface area contributed by atoms with Gasteiger partial charge < -0.3 is 5.32 Å². The van der Waals surface area contributed by atoms with E-state index >= 15 is 0 Å². The van der Waals surface area contributed by atoms with Gasteiger partial charge in [-0.25, -0.2) is 13.1 Å². The maximum Gasteiger partial charge on any atom is 0.246 e. The van der Waals surface area contributed by atoms with Gasteiger partial charge in [-0.1, -0.05) is 24.8 Å². The van der Waals surface area contributed by atoms with Crippen molar-refractivity contribution in [3.63, 3.8) is 0 Å². The lowest BCUT2D eigenvalue weighted by Gasteiger charge is -2.07. The van der Waals surface area contributed by atoms with Crippen molar-refractivity contribution >= 4 is 15.9 Å². The van der Waals surface area contributed by atoms with E-state index in [-0.39, 0.29) is 23.9 Å². The Hall–Kier alpha value is -1.66. The molecule has 1 amide bonds. The topological polar surface area (TPSA) is 75.3 Å². The second-order valence-electron chi connectivity index (χ2n) is 3.75. The molecule has 0 bridgehead atoms. The fourth-order valence-electron chi connectivity index (χ4n) is 1.20. The minimum atomic E-state index is -3.50. The van der Waals surface area contributed by atoms with Gasteiger partial charge in [0.25, 0.3) is 0 Å². The van der Waals surface area contributed by atoms with Gasteiger partial charge in [0.15, 0.2) is 0 Å². The van der Waals surface area contributed by atoms with Gasteiger partial charge in [-0.2, -0.15) is 0 Å². The number of hydrogen-bond acceptors (Lipinski definition) is 3. The summed E-state index contributed by atoms with van der Waals surface area (Å²) >= 11 is 0. The molecule has 0 aliphatic heterocycles. The molecule has 0 heterocycles. The zero-order valence-electron chi connectivity index (χ0n) is 10.1. The molecule has 0 radical (unpaired) electrons. The van der Waals surface area contributed by atoms with Gasteiger partial charge in [-0.3, -0.25) is 4.79 Å². The molecule has 1 aromatic rings. The molecule has 0 saturated heterocycles. The zero-order chi connectivity index (χ0) is 13.6. The molecule has 0 unspecified atom stereocenters. The average molecular weight is 268 g/mol. The van der Waals surface area contributed by atoms with Crippen LogP contribution in [-0.4, -0.2) is 27.4 Å². The summed E-state index contributed by atoms with van der Waals surface area (Å²) in [5.41, 5.74) is 0.390. The van der Waals surface area contributed by atoms with Crippen LogP contribution in [-0.2, 0) is 14.8 Å². The van der Waals surface area contributed by atoms with E-state index in [0.29, 0.717) is 5.57 Å². The molecule has 5 nitrogen and oxygen atoms in total. The van der Waals surface area contributed by atoms with Crippen LogP contribution in [0.4, 0.5) is 0 Å². The Bertz CT molecular complexity index is 524. The quantitative estimate of drug-likeness (QED) is 0.588. The molecule has 0 atom stereocenters. The lowest BCUT2D eigenvalue weighted by molar-refractivity contribution is -0.117. The molecule has 0 spiro atoms. The molecular formula is C12H16N2O3S. The summed E-state index contributed by atoms with van der Waals surface area (Å²) in [6.07, 6.45) is 0. The fourth-order valence-corrected chi connectivity index (χ4v) is 2.25. The summed E-state index contributed by atoms with van der Waals surface area (Å²) in [5, 5.41) is 2.54. The smallest absolute Gasteiger partial charge is 0.246 e. The lowest BCUT2D eigenvalue weighted by atomic mass is 10.3. The number of carbonyl (C=O) groups excluding carboxylic acids is 1. The van der Waals surface area contributed by atoms with Gasteiger partial charge >= 0.3 is 0 Å². The van der Waals surface area contributed by atoms with Crippen molar-refractivity contribution in [3.8, 4) is 0 Å². The Kier molecular flexibility index (Phi) is 5.06. The minimum Gasteiger partial charge on any atom is -0.351 e. The van der Waals surface area contributed by atoms with Gasteiger partial charge in [0.2, 0.25) is 15.9 Å². The predicted octanol–water partition coefficient (Wildman–Crippen LogP) is 0.657. The molecule has 2 N–H and O–H groups in total. The van der Waals surface area contributed by atoms with Crippen molar-refractivity contribution in [2.24, 2.45) is 0 Å². The van der Waals surface area contributed by atoms with Crippen LogP contribution >= 0.6 is 0 Å². The number of amides is 1. The standard InChI is InChI=1S/C12H16N2O3S/c1-10(2)12(15)13-8-9-14-18(16,17)11-6-4-3-5-7-11/h3-7,14H,1,8-9H2,2H3,(H,13,15). The highest BCUT2D eigenvalue weighted by molar-refractivity contribution is 7.89. The van der Waals surface area contributed by atoms with E-state index in [1.165, 1.54) is 12.1 Å². The second kappa shape index (κ2) is 6.32. The molecular weight excluding hydrogens is 252 g/mol. The monoisotopic (exact) mass is 268 g/mol. The molecule has 1 aromatic carbocycles. The number of carbonyl (C=O) groups is 1. The van der Waals surface area contributed by atoms with Crippen LogP contribution in [0.2, 0.25) is 0 Å². The predicted molar refractivity (Wildman–Crippen MR) is 69.5 cm³/mol. The first kappa shape index (κ1) is 14.4. The summed E-state index contributed by atoms with van der Waals surface area (Å²) < 4.78 is 25.9. The highest BCUT2D eigenvalue weighted by Gasteiger charge is 2.12. The molecule has 0 aliphatic carbocycles. The summed E-state index contributed by atoms with van der Waals surface area (Å²) in [6, 6.07) is 8.06. The van der Waals surface area contributed by atoms with E-state index in [4.69, 9.17) is 0 Å². The van der Waals surface area contributed by atoms with Gasteiger partial charge in [-0.05, 0) is 19.1 Å². The summed E-state index contributed by atoms with van der Waals surface area (Å²) in [7, 11) is -3.50. The molecule has 18 heavy (non-hydrogen) atoms. The molecule has 6 heteroatoms. The average Bonchev–Trinajstić information content (AvgIpc) is 2.35. The molecule has 0 fully saturated rings. The van der Waals surface area contributed by atoms with Crippen LogP contribution in [0.25, 0.3) is 0 Å². The van der Waals surface area contributed by atoms with Crippen molar-refractivity contribution in [3.05, 3.63) is 42.5 Å². The largest absolute Gasteiger partial charge is 0.351 e. The van der Waals surface area contributed by atoms with Crippen LogP contribution in [0, 0.1) is 0 Å². The molecule has 0 saturated carbocycles. The van der Waals surface area contributed by atoms with Crippen LogP contribution in [0.15, 0.2) is 47.4 Å². The zero-order valence-corrected chi connectivity index (χ0v) is 11.0. The fraction of sp³-hybridized carbons (Fsp3) is 0.250. The van der Waals surface area contributed by atoms with Gasteiger partial charge in [-0.15, -0.1) is 0 Å². The Morgan fingerprint density at radius 1 is 1.22 bits per heavy atom. The number of sulfonamides is 1. The van der Waals surface area contributed by atoms with E-state index in [1.807, 2.05) is 0 Å². The van der Waals surface area contributed by atoms with E-state index in [2.05, 4.69) is 16.6 Å². The Morgan fingerprint density at radius 2 is 1.83 bits per heavy atom. The van der Waals surface area contributed by atoms with Crippen molar-refractivity contribution < 1.29 is 13.2 Å². The number of rotatable bonds is 6. The van der Waals surface area contributed by atoms with Crippen LogP contribution < -0.4 is 10.0 Å². The Morgan fingerprint density at radius 3 is 2.39 bits per heavy atom. The first-order chi connectivity index (χ1) is 8.43. The normalized spacial score (nSPS) is 10.9. The van der Waals surface area contributed by atoms with E-state index in [1.54, 1.807) is 25.1 Å². The van der Waals surface area contributed by atoms with Crippen LogP contribution in [0.1, 0.15) is 6.92 Å². The van der Waals surface area contributed by atoms with Gasteiger partial charge in [0.05, 0.1) is 4.90 Å². The first-order valence-corrected chi connectivity index (χ1v) is 6.90. The number of nitrogens with one attached hydrogen (secondary N) is 2. The highest BCUT2D eigenvalue weighted by atomic mass is 32.2. The third-order valence-corrected chi connectivity index (χ3v) is 3.62. The Balaban J connectivity index is 2.45. The number of hydrogen-bond donors (Lipinski definition) is 2. The van der Waals surface area contributed by atoms with Crippen molar-refractivity contribution in [2.75, 3.05) is 13.1 Å². The summed E-state index contributed by atoms with van der Waals surface area (Å²) in [6.45, 7) is 5.42. The van der Waals surface area contributed by atoms with Crippen molar-refractivity contribution in [1.29, 1.82) is 0 Å². The van der Waals surface area contributed by atoms with Crippen molar-refractivity contribution in [1.82, 2.24) is 10.0 Å². The SMILES string of the molecule is C=C(C)C(=O)NCCNS(=O)(=O)c1ccccc1. The van der Waals surface area contributed by atoms with Crippen LogP contribution in [0.5, 0.6) is 0 Å². The maximum absolute atomic E-state index is 11.8. The number of benzene rings is 1. The summed E-state index contributed by atoms with van der Waals surface area (Å²) in [4.78, 5) is 11.4. The van der Waals surface area contributed by atoms with E-state index in [0.717, 1.165) is 0 Å². The van der Waals surface area contributed by atoms with Crippen LogP contribution in [0.3, 0.4) is 0 Å². The highest BCUT2D eigenvalue weighted by Crippen LogP contribution is 2.06. The maximum atomic E-state index is 11.8. The minimum absolute atomic E-state index is 0.135. The van der Waals surface area contributed by atoms with Gasteiger partial charge in [0, 0.05) is 18.7 Å². The van der Waals surface area contributed by atoms with E-state index in [9.17, 15) is 13.2 Å². The molecule has 1 rings (SSSR count). The molecule has 0 aromatic heterocycles. The van der Waals surface area contributed by atoms with Gasteiger partial charge in [0.1, 0.15) is 0 Å². The second-order valence-corrected chi connectivity index (χ2v) is 5.51. The summed E-state index contributed by atoms with van der Waals surface area (Å²) in [5.74, 6) is -0.283. The van der Waals surface area contributed by atoms with E-state index < -0.39 is 10.0 Å². The first-order valence-electron chi connectivity index (χ1n) is 5.42. The van der Waals surface area contributed by atoms with Crippen molar-refractivity contribution in [2.45, 2.75) is 11.8 Å².